The smallest absolute Gasteiger partial charge is 0.312 e. The molecule has 2 N–H and O–H groups in total. The summed E-state index contributed by atoms with van der Waals surface area (Å²) in [5, 5.41) is 10.7. The standard InChI is InChI=1S/C30H41N3O6/c1-19-14-23(16-31-28(19)34)27-32-25-15-21(7-9-26(25)33(27)17-22-10-12-38-13-11-22)6-8-24(30(3,4)36)29(35)39-20(2)18-37-5/h7,9,14-16,20,22,24,36H,6,8,10-13,17-18H2,1-5H3,(H,31,34)/t20?,24-/m1/s1. The molecular formula is C30H41N3O6. The number of benzene rings is 1. The van der Waals surface area contributed by atoms with Crippen molar-refractivity contribution >= 4 is 17.0 Å². The summed E-state index contributed by atoms with van der Waals surface area (Å²) in [7, 11) is 1.56. The van der Waals surface area contributed by atoms with Crippen molar-refractivity contribution in [2.75, 3.05) is 26.9 Å². The minimum absolute atomic E-state index is 0.107. The summed E-state index contributed by atoms with van der Waals surface area (Å²) in [5.74, 6) is 0.193. The maximum Gasteiger partial charge on any atom is 0.312 e. The Bertz CT molecular complexity index is 1330. The van der Waals surface area contributed by atoms with Crippen LogP contribution in [0.1, 0.15) is 51.2 Å². The number of rotatable bonds is 11. The molecule has 1 saturated heterocycles. The number of nitrogens with one attached hydrogen (secondary N) is 1. The summed E-state index contributed by atoms with van der Waals surface area (Å²) in [6.45, 7) is 9.50. The fourth-order valence-corrected chi connectivity index (χ4v) is 5.27. The van der Waals surface area contributed by atoms with E-state index in [2.05, 4.69) is 27.8 Å². The summed E-state index contributed by atoms with van der Waals surface area (Å²) in [6.07, 6.45) is 4.35. The zero-order valence-electron chi connectivity index (χ0n) is 23.7. The largest absolute Gasteiger partial charge is 0.460 e. The molecule has 9 heteroatoms. The first-order chi connectivity index (χ1) is 18.6. The predicted molar refractivity (Wildman–Crippen MR) is 150 cm³/mol. The van der Waals surface area contributed by atoms with Crippen molar-refractivity contribution in [3.05, 3.63) is 51.9 Å². The van der Waals surface area contributed by atoms with Crippen LogP contribution in [-0.2, 0) is 32.0 Å². The van der Waals surface area contributed by atoms with Gasteiger partial charge in [0.05, 0.1) is 29.2 Å². The minimum Gasteiger partial charge on any atom is -0.460 e. The molecule has 1 unspecified atom stereocenters. The second kappa shape index (κ2) is 12.4. The number of imidazole rings is 1. The van der Waals surface area contributed by atoms with Crippen LogP contribution in [0.2, 0.25) is 0 Å². The summed E-state index contributed by atoms with van der Waals surface area (Å²) >= 11 is 0. The molecule has 212 valence electrons. The van der Waals surface area contributed by atoms with E-state index in [1.807, 2.05) is 6.07 Å². The van der Waals surface area contributed by atoms with Crippen LogP contribution >= 0.6 is 0 Å². The second-order valence-electron chi connectivity index (χ2n) is 11.3. The number of hydrogen-bond acceptors (Lipinski definition) is 7. The Morgan fingerprint density at radius 1 is 1.28 bits per heavy atom. The second-order valence-corrected chi connectivity index (χ2v) is 11.3. The van der Waals surface area contributed by atoms with Crippen LogP contribution < -0.4 is 5.56 Å². The van der Waals surface area contributed by atoms with E-state index in [4.69, 9.17) is 19.2 Å². The maximum absolute atomic E-state index is 12.9. The number of H-pyrrole nitrogens is 1. The van der Waals surface area contributed by atoms with Gasteiger partial charge in [-0.2, -0.15) is 0 Å². The quantitative estimate of drug-likeness (QED) is 0.354. The summed E-state index contributed by atoms with van der Waals surface area (Å²) in [4.78, 5) is 32.7. The van der Waals surface area contributed by atoms with E-state index in [9.17, 15) is 14.7 Å². The Balaban J connectivity index is 1.62. The van der Waals surface area contributed by atoms with Crippen LogP contribution in [0.5, 0.6) is 0 Å². The number of nitrogens with zero attached hydrogens (tertiary/aromatic N) is 2. The number of aliphatic hydroxyl groups is 1. The molecule has 0 saturated carbocycles. The van der Waals surface area contributed by atoms with Gasteiger partial charge in [0.1, 0.15) is 11.9 Å². The van der Waals surface area contributed by atoms with Crippen molar-refractivity contribution in [3.8, 4) is 11.4 Å². The molecule has 39 heavy (non-hydrogen) atoms. The first-order valence-corrected chi connectivity index (χ1v) is 13.7. The van der Waals surface area contributed by atoms with Crippen LogP contribution in [0.15, 0.2) is 35.3 Å². The highest BCUT2D eigenvalue weighted by Crippen LogP contribution is 2.30. The van der Waals surface area contributed by atoms with Crippen molar-refractivity contribution in [1.82, 2.24) is 14.5 Å². The fraction of sp³-hybridized carbons (Fsp3) is 0.567. The van der Waals surface area contributed by atoms with Crippen molar-refractivity contribution < 1.29 is 24.1 Å². The number of ether oxygens (including phenoxy) is 3. The Kier molecular flexibility index (Phi) is 9.25. The molecule has 9 nitrogen and oxygen atoms in total. The van der Waals surface area contributed by atoms with Crippen LogP contribution in [0, 0.1) is 18.8 Å². The predicted octanol–water partition coefficient (Wildman–Crippen LogP) is 4.02. The molecule has 1 aliphatic heterocycles. The first-order valence-electron chi connectivity index (χ1n) is 13.7. The van der Waals surface area contributed by atoms with Crippen molar-refractivity contribution in [3.63, 3.8) is 0 Å². The number of carbonyl (C=O) groups is 1. The summed E-state index contributed by atoms with van der Waals surface area (Å²) in [5.41, 5.74) is 3.08. The Labute approximate surface area is 229 Å². The highest BCUT2D eigenvalue weighted by molar-refractivity contribution is 5.81. The third kappa shape index (κ3) is 7.15. The molecule has 4 rings (SSSR count). The Morgan fingerprint density at radius 2 is 2.03 bits per heavy atom. The zero-order valence-corrected chi connectivity index (χ0v) is 23.7. The van der Waals surface area contributed by atoms with Gasteiger partial charge in [-0.1, -0.05) is 6.07 Å². The van der Waals surface area contributed by atoms with E-state index in [0.29, 0.717) is 30.9 Å². The summed E-state index contributed by atoms with van der Waals surface area (Å²) < 4.78 is 18.4. The molecule has 2 atom stereocenters. The van der Waals surface area contributed by atoms with Crippen LogP contribution in [-0.4, -0.2) is 64.2 Å². The zero-order chi connectivity index (χ0) is 28.2. The monoisotopic (exact) mass is 539 g/mol. The van der Waals surface area contributed by atoms with Crippen molar-refractivity contribution in [1.29, 1.82) is 0 Å². The lowest BCUT2D eigenvalue weighted by atomic mass is 9.86. The minimum atomic E-state index is -1.23. The normalized spacial score (nSPS) is 16.4. The van der Waals surface area contributed by atoms with Crippen molar-refractivity contribution in [2.24, 2.45) is 11.8 Å². The first kappa shape index (κ1) is 29.0. The number of methoxy groups -OCH3 is 1. The number of esters is 1. The van der Waals surface area contributed by atoms with Crippen LogP contribution in [0.25, 0.3) is 22.4 Å². The number of pyridine rings is 1. The fourth-order valence-electron chi connectivity index (χ4n) is 5.27. The van der Waals surface area contributed by atoms with E-state index in [0.717, 1.165) is 60.6 Å². The number of hydrogen-bond donors (Lipinski definition) is 2. The Hall–Kier alpha value is -3.01. The molecule has 1 fully saturated rings. The van der Waals surface area contributed by atoms with E-state index in [1.54, 1.807) is 41.0 Å². The number of aromatic amines is 1. The number of aromatic nitrogens is 3. The Morgan fingerprint density at radius 3 is 2.69 bits per heavy atom. The maximum atomic E-state index is 12.9. The molecule has 1 aromatic carbocycles. The molecule has 2 aromatic heterocycles. The SMILES string of the molecule is COCC(C)OC(=O)[C@@H](CCc1ccc2c(c1)nc(-c1c[nH]c(=O)c(C)c1)n2CC1CCOCC1)C(C)(C)O. The molecule has 0 spiro atoms. The van der Waals surface area contributed by atoms with E-state index < -0.39 is 23.6 Å². The average molecular weight is 540 g/mol. The van der Waals surface area contributed by atoms with Gasteiger partial charge in [-0.25, -0.2) is 4.98 Å². The van der Waals surface area contributed by atoms with Crippen LogP contribution in [0.3, 0.4) is 0 Å². The van der Waals surface area contributed by atoms with Gasteiger partial charge in [-0.05, 0) is 83.1 Å². The molecule has 1 aliphatic rings. The van der Waals surface area contributed by atoms with Crippen molar-refractivity contribution in [2.45, 2.75) is 71.6 Å². The highest BCUT2D eigenvalue weighted by Gasteiger charge is 2.35. The molecule has 0 radical (unpaired) electrons. The van der Waals surface area contributed by atoms with Crippen LogP contribution in [0.4, 0.5) is 0 Å². The number of fused-ring (bicyclic) bond motifs is 1. The summed E-state index contributed by atoms with van der Waals surface area (Å²) in [6, 6.07) is 8.08. The third-order valence-electron chi connectivity index (χ3n) is 7.52. The number of aryl methyl sites for hydroxylation is 2. The van der Waals surface area contributed by atoms with Gasteiger partial charge < -0.3 is 28.9 Å². The molecular weight excluding hydrogens is 498 g/mol. The van der Waals surface area contributed by atoms with E-state index in [-0.39, 0.29) is 5.56 Å². The van der Waals surface area contributed by atoms with E-state index >= 15 is 0 Å². The molecule has 0 aliphatic carbocycles. The van der Waals surface area contributed by atoms with Gasteiger partial charge in [0.25, 0.3) is 5.56 Å². The molecule has 0 bridgehead atoms. The number of carbonyl (C=O) groups excluding carboxylic acids is 1. The van der Waals surface area contributed by atoms with E-state index in [1.165, 1.54) is 0 Å². The average Bonchev–Trinajstić information content (AvgIpc) is 3.23. The van der Waals surface area contributed by atoms with Gasteiger partial charge in [-0.3, -0.25) is 9.59 Å². The van der Waals surface area contributed by atoms with Gasteiger partial charge >= 0.3 is 5.97 Å². The van der Waals surface area contributed by atoms with Gasteiger partial charge in [-0.15, -0.1) is 0 Å². The lowest BCUT2D eigenvalue weighted by Crippen LogP contribution is -2.39. The third-order valence-corrected chi connectivity index (χ3v) is 7.52. The van der Waals surface area contributed by atoms with Gasteiger partial charge in [0.15, 0.2) is 0 Å². The lowest BCUT2D eigenvalue weighted by Gasteiger charge is -2.28. The topological polar surface area (TPSA) is 116 Å². The molecule has 3 aromatic rings. The molecule has 3 heterocycles. The van der Waals surface area contributed by atoms with Gasteiger partial charge in [0.2, 0.25) is 0 Å². The highest BCUT2D eigenvalue weighted by atomic mass is 16.6. The lowest BCUT2D eigenvalue weighted by molar-refractivity contribution is -0.164. The molecule has 0 amide bonds. The van der Waals surface area contributed by atoms with Gasteiger partial charge in [0, 0.05) is 44.2 Å².